The Bertz CT molecular complexity index is 388. The summed E-state index contributed by atoms with van der Waals surface area (Å²) in [4.78, 5) is 15.4. The molecule has 1 amide bonds. The standard InChI is InChI=1S/C10H12N2O3/c13-6-10(2-3-10)12-9(15)7-1-4-11-5-8(7)14/h1,4-5,13-14H,2-3,6H2,(H,12,15). The van der Waals surface area contributed by atoms with Crippen molar-refractivity contribution in [1.82, 2.24) is 10.3 Å². The third kappa shape index (κ3) is 1.92. The summed E-state index contributed by atoms with van der Waals surface area (Å²) in [7, 11) is 0. The van der Waals surface area contributed by atoms with Gasteiger partial charge in [-0.15, -0.1) is 0 Å². The van der Waals surface area contributed by atoms with Gasteiger partial charge in [0.2, 0.25) is 0 Å². The molecular formula is C10H12N2O3. The number of amides is 1. The van der Waals surface area contributed by atoms with E-state index in [2.05, 4.69) is 10.3 Å². The fraction of sp³-hybridized carbons (Fsp3) is 0.400. The van der Waals surface area contributed by atoms with E-state index in [1.54, 1.807) is 0 Å². The molecule has 0 aliphatic heterocycles. The Hall–Kier alpha value is -1.62. The first-order valence-corrected chi connectivity index (χ1v) is 4.73. The molecule has 1 aromatic rings. The van der Waals surface area contributed by atoms with Gasteiger partial charge in [-0.25, -0.2) is 0 Å². The average molecular weight is 208 g/mol. The molecule has 0 radical (unpaired) electrons. The highest BCUT2D eigenvalue weighted by Gasteiger charge is 2.43. The van der Waals surface area contributed by atoms with Crippen LogP contribution < -0.4 is 5.32 Å². The number of nitrogens with zero attached hydrogens (tertiary/aromatic N) is 1. The van der Waals surface area contributed by atoms with E-state index in [4.69, 9.17) is 5.11 Å². The fourth-order valence-corrected chi connectivity index (χ4v) is 1.36. The van der Waals surface area contributed by atoms with Gasteiger partial charge in [-0.2, -0.15) is 0 Å². The molecule has 0 aromatic carbocycles. The van der Waals surface area contributed by atoms with Crippen LogP contribution >= 0.6 is 0 Å². The highest BCUT2D eigenvalue weighted by Crippen LogP contribution is 2.35. The van der Waals surface area contributed by atoms with Crippen LogP contribution in [0.15, 0.2) is 18.5 Å². The van der Waals surface area contributed by atoms with Crippen molar-refractivity contribution in [3.05, 3.63) is 24.0 Å². The van der Waals surface area contributed by atoms with Crippen LogP contribution in [0.2, 0.25) is 0 Å². The zero-order chi connectivity index (χ0) is 10.9. The van der Waals surface area contributed by atoms with Gasteiger partial charge >= 0.3 is 0 Å². The molecule has 2 rings (SSSR count). The van der Waals surface area contributed by atoms with Crippen molar-refractivity contribution in [3.63, 3.8) is 0 Å². The number of pyridine rings is 1. The molecule has 15 heavy (non-hydrogen) atoms. The minimum Gasteiger partial charge on any atom is -0.505 e. The van der Waals surface area contributed by atoms with Crippen LogP contribution in [0.25, 0.3) is 0 Å². The molecule has 1 fully saturated rings. The van der Waals surface area contributed by atoms with Crippen molar-refractivity contribution in [2.75, 3.05) is 6.61 Å². The molecule has 5 nitrogen and oxygen atoms in total. The van der Waals surface area contributed by atoms with Crippen LogP contribution in [0, 0.1) is 0 Å². The maximum atomic E-state index is 11.7. The summed E-state index contributed by atoms with van der Waals surface area (Å²) < 4.78 is 0. The van der Waals surface area contributed by atoms with E-state index in [0.29, 0.717) is 0 Å². The summed E-state index contributed by atoms with van der Waals surface area (Å²) in [6, 6.07) is 1.44. The van der Waals surface area contributed by atoms with Crippen molar-refractivity contribution in [3.8, 4) is 5.75 Å². The van der Waals surface area contributed by atoms with Crippen molar-refractivity contribution in [1.29, 1.82) is 0 Å². The quantitative estimate of drug-likeness (QED) is 0.655. The normalized spacial score (nSPS) is 17.1. The molecule has 0 atom stereocenters. The summed E-state index contributed by atoms with van der Waals surface area (Å²) in [6.45, 7) is -0.0649. The van der Waals surface area contributed by atoms with Crippen molar-refractivity contribution in [2.45, 2.75) is 18.4 Å². The summed E-state index contributed by atoms with van der Waals surface area (Å²) in [6.07, 6.45) is 4.21. The number of aliphatic hydroxyl groups is 1. The second-order valence-electron chi connectivity index (χ2n) is 3.79. The lowest BCUT2D eigenvalue weighted by atomic mass is 10.2. The predicted octanol–water partition coefficient (Wildman–Crippen LogP) is 0.0419. The molecule has 0 saturated heterocycles. The Balaban J connectivity index is 2.12. The number of hydrogen-bond acceptors (Lipinski definition) is 4. The lowest BCUT2D eigenvalue weighted by Crippen LogP contribution is -2.39. The first-order chi connectivity index (χ1) is 7.17. The minimum absolute atomic E-state index is 0.0649. The number of hydrogen-bond donors (Lipinski definition) is 3. The number of aliphatic hydroxyl groups excluding tert-OH is 1. The van der Waals surface area contributed by atoms with Gasteiger partial charge in [0.05, 0.1) is 23.9 Å². The largest absolute Gasteiger partial charge is 0.505 e. The summed E-state index contributed by atoms with van der Waals surface area (Å²) in [5.41, 5.74) is -0.281. The highest BCUT2D eigenvalue weighted by atomic mass is 16.3. The van der Waals surface area contributed by atoms with Crippen LogP contribution in [-0.4, -0.2) is 33.3 Å². The van der Waals surface area contributed by atoms with E-state index in [1.165, 1.54) is 18.5 Å². The molecular weight excluding hydrogens is 196 g/mol. The van der Waals surface area contributed by atoms with Crippen LogP contribution in [0.5, 0.6) is 5.75 Å². The van der Waals surface area contributed by atoms with Crippen LogP contribution in [0.4, 0.5) is 0 Å². The van der Waals surface area contributed by atoms with Gasteiger partial charge in [-0.05, 0) is 18.9 Å². The van der Waals surface area contributed by atoms with Gasteiger partial charge in [-0.3, -0.25) is 9.78 Å². The van der Waals surface area contributed by atoms with E-state index >= 15 is 0 Å². The Labute approximate surface area is 86.8 Å². The van der Waals surface area contributed by atoms with E-state index in [-0.39, 0.29) is 23.8 Å². The zero-order valence-electron chi connectivity index (χ0n) is 8.10. The van der Waals surface area contributed by atoms with E-state index in [1.807, 2.05) is 0 Å². The second-order valence-corrected chi connectivity index (χ2v) is 3.79. The number of aromatic hydroxyl groups is 1. The first kappa shape index (κ1) is 9.92. The number of nitrogens with one attached hydrogen (secondary N) is 1. The predicted molar refractivity (Wildman–Crippen MR) is 52.4 cm³/mol. The Kier molecular flexibility index (Phi) is 2.32. The van der Waals surface area contributed by atoms with Gasteiger partial charge in [0.25, 0.3) is 5.91 Å². The van der Waals surface area contributed by atoms with Crippen LogP contribution in [0.1, 0.15) is 23.2 Å². The van der Waals surface area contributed by atoms with Crippen molar-refractivity contribution in [2.24, 2.45) is 0 Å². The van der Waals surface area contributed by atoms with Gasteiger partial charge in [0, 0.05) is 6.20 Å². The summed E-state index contributed by atoms with van der Waals surface area (Å²) >= 11 is 0. The molecule has 1 aliphatic rings. The molecule has 80 valence electrons. The zero-order valence-corrected chi connectivity index (χ0v) is 8.10. The first-order valence-electron chi connectivity index (χ1n) is 4.73. The number of carbonyl (C=O) groups excluding carboxylic acids is 1. The SMILES string of the molecule is O=C(NC1(CO)CC1)c1ccncc1O. The second kappa shape index (κ2) is 3.51. The van der Waals surface area contributed by atoms with E-state index in [0.717, 1.165) is 12.8 Å². The number of aromatic nitrogens is 1. The molecule has 1 saturated carbocycles. The summed E-state index contributed by atoms with van der Waals surface area (Å²) in [5, 5.41) is 21.1. The van der Waals surface area contributed by atoms with Crippen LogP contribution in [-0.2, 0) is 0 Å². The van der Waals surface area contributed by atoms with E-state index < -0.39 is 5.54 Å². The average Bonchev–Trinajstić information content (AvgIpc) is 2.99. The van der Waals surface area contributed by atoms with Crippen molar-refractivity contribution < 1.29 is 15.0 Å². The fourth-order valence-electron chi connectivity index (χ4n) is 1.36. The van der Waals surface area contributed by atoms with Crippen molar-refractivity contribution >= 4 is 5.91 Å². The number of carbonyl (C=O) groups is 1. The molecule has 1 aromatic heterocycles. The molecule has 3 N–H and O–H groups in total. The third-order valence-electron chi connectivity index (χ3n) is 2.58. The van der Waals surface area contributed by atoms with Gasteiger partial charge in [0.1, 0.15) is 5.75 Å². The lowest BCUT2D eigenvalue weighted by Gasteiger charge is -2.14. The number of rotatable bonds is 3. The Morgan fingerprint density at radius 3 is 2.87 bits per heavy atom. The maximum absolute atomic E-state index is 11.7. The monoisotopic (exact) mass is 208 g/mol. The Morgan fingerprint density at radius 1 is 1.60 bits per heavy atom. The Morgan fingerprint density at radius 2 is 2.33 bits per heavy atom. The van der Waals surface area contributed by atoms with E-state index in [9.17, 15) is 9.90 Å². The minimum atomic E-state index is -0.465. The maximum Gasteiger partial charge on any atom is 0.255 e. The third-order valence-corrected chi connectivity index (χ3v) is 2.58. The molecule has 1 aliphatic carbocycles. The van der Waals surface area contributed by atoms with Gasteiger partial charge in [0.15, 0.2) is 0 Å². The molecule has 0 spiro atoms. The molecule has 1 heterocycles. The molecule has 0 bridgehead atoms. The molecule has 0 unspecified atom stereocenters. The highest BCUT2D eigenvalue weighted by molar-refractivity contribution is 5.97. The molecule has 5 heteroatoms. The topological polar surface area (TPSA) is 82.5 Å². The lowest BCUT2D eigenvalue weighted by molar-refractivity contribution is 0.0904. The van der Waals surface area contributed by atoms with Crippen LogP contribution in [0.3, 0.4) is 0 Å². The van der Waals surface area contributed by atoms with Gasteiger partial charge in [-0.1, -0.05) is 0 Å². The smallest absolute Gasteiger partial charge is 0.255 e. The van der Waals surface area contributed by atoms with Gasteiger partial charge < -0.3 is 15.5 Å². The summed E-state index contributed by atoms with van der Waals surface area (Å²) in [5.74, 6) is -0.523.